The van der Waals surface area contributed by atoms with E-state index >= 15 is 0 Å². The SMILES string of the molecule is N#CCCNS(=O)(=O)c1cccc(F)c1. The van der Waals surface area contributed by atoms with Crippen LogP contribution in [-0.4, -0.2) is 15.0 Å². The van der Waals surface area contributed by atoms with Gasteiger partial charge in [0.05, 0.1) is 11.0 Å². The van der Waals surface area contributed by atoms with Gasteiger partial charge in [-0.05, 0) is 18.2 Å². The summed E-state index contributed by atoms with van der Waals surface area (Å²) < 4.78 is 37.9. The second-order valence-electron chi connectivity index (χ2n) is 2.76. The third kappa shape index (κ3) is 3.31. The molecular weight excluding hydrogens is 219 g/mol. The Kier molecular flexibility index (Phi) is 3.77. The van der Waals surface area contributed by atoms with Crippen molar-refractivity contribution in [1.29, 1.82) is 5.26 Å². The summed E-state index contributed by atoms with van der Waals surface area (Å²) in [5, 5.41) is 8.23. The lowest BCUT2D eigenvalue weighted by Crippen LogP contribution is -2.24. The third-order valence-electron chi connectivity index (χ3n) is 1.64. The molecule has 0 radical (unpaired) electrons. The normalized spacial score (nSPS) is 10.9. The van der Waals surface area contributed by atoms with Crippen LogP contribution < -0.4 is 4.72 Å². The lowest BCUT2D eigenvalue weighted by molar-refractivity contribution is 0.578. The molecule has 1 rings (SSSR count). The Morgan fingerprint density at radius 3 is 2.80 bits per heavy atom. The number of sulfonamides is 1. The molecule has 0 aliphatic heterocycles. The number of nitriles is 1. The number of nitrogens with one attached hydrogen (secondary N) is 1. The predicted molar refractivity (Wildman–Crippen MR) is 51.8 cm³/mol. The molecule has 0 unspecified atom stereocenters. The molecule has 0 aliphatic rings. The molecule has 15 heavy (non-hydrogen) atoms. The molecule has 0 saturated carbocycles. The van der Waals surface area contributed by atoms with Gasteiger partial charge in [-0.1, -0.05) is 6.07 Å². The quantitative estimate of drug-likeness (QED) is 0.782. The molecule has 0 heterocycles. The van der Waals surface area contributed by atoms with Crippen molar-refractivity contribution in [3.8, 4) is 6.07 Å². The molecule has 80 valence electrons. The summed E-state index contributed by atoms with van der Waals surface area (Å²) in [6, 6.07) is 6.49. The Labute approximate surface area is 87.4 Å². The van der Waals surface area contributed by atoms with Gasteiger partial charge in [-0.3, -0.25) is 0 Å². The van der Waals surface area contributed by atoms with Gasteiger partial charge in [0.1, 0.15) is 5.82 Å². The van der Waals surface area contributed by atoms with E-state index in [4.69, 9.17) is 5.26 Å². The van der Waals surface area contributed by atoms with Gasteiger partial charge in [0.15, 0.2) is 0 Å². The Morgan fingerprint density at radius 1 is 1.47 bits per heavy atom. The Bertz CT molecular complexity index is 479. The monoisotopic (exact) mass is 228 g/mol. The number of rotatable bonds is 4. The fraction of sp³-hybridized carbons (Fsp3) is 0.222. The summed E-state index contributed by atoms with van der Waals surface area (Å²) in [7, 11) is -3.70. The summed E-state index contributed by atoms with van der Waals surface area (Å²) >= 11 is 0. The van der Waals surface area contributed by atoms with Crippen LogP contribution in [0.5, 0.6) is 0 Å². The van der Waals surface area contributed by atoms with Gasteiger partial charge in [0, 0.05) is 13.0 Å². The van der Waals surface area contributed by atoms with Crippen molar-refractivity contribution in [2.24, 2.45) is 0 Å². The van der Waals surface area contributed by atoms with E-state index in [0.717, 1.165) is 12.1 Å². The second kappa shape index (κ2) is 4.87. The fourth-order valence-corrected chi connectivity index (χ4v) is 2.02. The van der Waals surface area contributed by atoms with Crippen LogP contribution in [0.3, 0.4) is 0 Å². The highest BCUT2D eigenvalue weighted by Crippen LogP contribution is 2.09. The molecule has 0 atom stereocenters. The summed E-state index contributed by atoms with van der Waals surface area (Å²) in [6.45, 7) is 0.0232. The molecule has 0 amide bonds. The molecule has 0 saturated heterocycles. The van der Waals surface area contributed by atoms with Crippen molar-refractivity contribution in [2.45, 2.75) is 11.3 Å². The maximum Gasteiger partial charge on any atom is 0.240 e. The lowest BCUT2D eigenvalue weighted by Gasteiger charge is -2.04. The first-order valence-electron chi connectivity index (χ1n) is 4.18. The van der Waals surface area contributed by atoms with Crippen molar-refractivity contribution >= 4 is 10.0 Å². The minimum atomic E-state index is -3.70. The van der Waals surface area contributed by atoms with Crippen LogP contribution in [-0.2, 0) is 10.0 Å². The molecule has 4 nitrogen and oxygen atoms in total. The van der Waals surface area contributed by atoms with Crippen LogP contribution >= 0.6 is 0 Å². The maximum atomic E-state index is 12.7. The first kappa shape index (κ1) is 11.6. The third-order valence-corrected chi connectivity index (χ3v) is 3.09. The van der Waals surface area contributed by atoms with Crippen LogP contribution in [0.4, 0.5) is 4.39 Å². The van der Waals surface area contributed by atoms with Crippen LogP contribution in [0.2, 0.25) is 0 Å². The highest BCUT2D eigenvalue weighted by atomic mass is 32.2. The van der Waals surface area contributed by atoms with Gasteiger partial charge < -0.3 is 0 Å². The van der Waals surface area contributed by atoms with Crippen molar-refractivity contribution < 1.29 is 12.8 Å². The molecule has 0 spiro atoms. The largest absolute Gasteiger partial charge is 0.240 e. The van der Waals surface area contributed by atoms with E-state index in [1.165, 1.54) is 12.1 Å². The van der Waals surface area contributed by atoms with Crippen molar-refractivity contribution in [3.05, 3.63) is 30.1 Å². The van der Waals surface area contributed by atoms with Gasteiger partial charge >= 0.3 is 0 Å². The van der Waals surface area contributed by atoms with Crippen LogP contribution in [0, 0.1) is 17.1 Å². The number of halogens is 1. The summed E-state index contributed by atoms with van der Waals surface area (Å²) in [5.41, 5.74) is 0. The first-order chi connectivity index (χ1) is 7.06. The van der Waals surface area contributed by atoms with Crippen LogP contribution in [0.1, 0.15) is 6.42 Å². The molecule has 0 fully saturated rings. The van der Waals surface area contributed by atoms with Crippen LogP contribution in [0.15, 0.2) is 29.2 Å². The fourth-order valence-electron chi connectivity index (χ4n) is 0.959. The number of hydrogen-bond acceptors (Lipinski definition) is 3. The molecule has 0 aliphatic carbocycles. The van der Waals surface area contributed by atoms with Crippen molar-refractivity contribution in [2.75, 3.05) is 6.54 Å². The number of benzene rings is 1. The summed E-state index contributed by atoms with van der Waals surface area (Å²) in [4.78, 5) is -0.138. The zero-order valence-corrected chi connectivity index (χ0v) is 8.59. The Balaban J connectivity index is 2.83. The Morgan fingerprint density at radius 2 is 2.20 bits per heavy atom. The molecule has 1 aromatic rings. The average molecular weight is 228 g/mol. The molecule has 1 aromatic carbocycles. The predicted octanol–water partition coefficient (Wildman–Crippen LogP) is 1.02. The molecular formula is C9H9FN2O2S. The molecule has 0 bridgehead atoms. The van der Waals surface area contributed by atoms with E-state index in [1.807, 2.05) is 0 Å². The van der Waals surface area contributed by atoms with Crippen molar-refractivity contribution in [1.82, 2.24) is 4.72 Å². The standard InChI is InChI=1S/C9H9FN2O2S/c10-8-3-1-4-9(7-8)15(13,14)12-6-2-5-11/h1,3-4,7,12H,2,6H2. The number of hydrogen-bond donors (Lipinski definition) is 1. The smallest absolute Gasteiger partial charge is 0.210 e. The van der Waals surface area contributed by atoms with E-state index < -0.39 is 15.8 Å². The molecule has 1 N–H and O–H groups in total. The average Bonchev–Trinajstić information content (AvgIpc) is 2.18. The highest BCUT2D eigenvalue weighted by Gasteiger charge is 2.13. The van der Waals surface area contributed by atoms with Gasteiger partial charge in [-0.2, -0.15) is 5.26 Å². The van der Waals surface area contributed by atoms with E-state index in [9.17, 15) is 12.8 Å². The van der Waals surface area contributed by atoms with E-state index in [-0.39, 0.29) is 17.9 Å². The second-order valence-corrected chi connectivity index (χ2v) is 4.53. The summed E-state index contributed by atoms with van der Waals surface area (Å²) in [6.07, 6.45) is 0.0779. The van der Waals surface area contributed by atoms with Crippen LogP contribution in [0.25, 0.3) is 0 Å². The van der Waals surface area contributed by atoms with Crippen molar-refractivity contribution in [3.63, 3.8) is 0 Å². The maximum absolute atomic E-state index is 12.7. The summed E-state index contributed by atoms with van der Waals surface area (Å²) in [5.74, 6) is -0.613. The van der Waals surface area contributed by atoms with Gasteiger partial charge in [0.25, 0.3) is 0 Å². The molecule has 0 aromatic heterocycles. The van der Waals surface area contributed by atoms with E-state index in [2.05, 4.69) is 4.72 Å². The van der Waals surface area contributed by atoms with E-state index in [0.29, 0.717) is 0 Å². The number of nitrogens with zero attached hydrogens (tertiary/aromatic N) is 1. The minimum Gasteiger partial charge on any atom is -0.210 e. The molecule has 6 heteroatoms. The topological polar surface area (TPSA) is 70.0 Å². The zero-order chi connectivity index (χ0) is 11.3. The van der Waals surface area contributed by atoms with Gasteiger partial charge in [-0.15, -0.1) is 0 Å². The Hall–Kier alpha value is -1.45. The van der Waals surface area contributed by atoms with E-state index in [1.54, 1.807) is 6.07 Å². The first-order valence-corrected chi connectivity index (χ1v) is 5.67. The van der Waals surface area contributed by atoms with Gasteiger partial charge in [-0.25, -0.2) is 17.5 Å². The lowest BCUT2D eigenvalue weighted by atomic mass is 10.4. The van der Waals surface area contributed by atoms with Gasteiger partial charge in [0.2, 0.25) is 10.0 Å². The zero-order valence-electron chi connectivity index (χ0n) is 7.77. The minimum absolute atomic E-state index is 0.0232. The highest BCUT2D eigenvalue weighted by molar-refractivity contribution is 7.89.